The zero-order valence-electron chi connectivity index (χ0n) is 7.56. The monoisotopic (exact) mass is 210 g/mol. The van der Waals surface area contributed by atoms with Crippen LogP contribution in [0.15, 0.2) is 18.3 Å². The van der Waals surface area contributed by atoms with Gasteiger partial charge in [0.2, 0.25) is 5.88 Å². The maximum atomic E-state index is 5.51. The number of hydrogen-bond donors (Lipinski definition) is 1. The van der Waals surface area contributed by atoms with Crippen molar-refractivity contribution in [1.29, 1.82) is 0 Å². The highest BCUT2D eigenvalue weighted by molar-refractivity contribution is 5.85. The van der Waals surface area contributed by atoms with Gasteiger partial charge in [0.05, 0.1) is 0 Å². The number of terminal acetylenes is 1. The van der Waals surface area contributed by atoms with Gasteiger partial charge in [-0.1, -0.05) is 5.92 Å². The largest absolute Gasteiger partial charge is 0.472 e. The number of pyridine rings is 1. The molecule has 3 nitrogen and oxygen atoms in total. The minimum Gasteiger partial charge on any atom is -0.472 e. The van der Waals surface area contributed by atoms with E-state index in [1.807, 2.05) is 6.07 Å². The Labute approximate surface area is 89.3 Å². The molecule has 0 amide bonds. The predicted octanol–water partition coefficient (Wildman–Crippen LogP) is 0.835. The van der Waals surface area contributed by atoms with E-state index in [9.17, 15) is 0 Å². The highest BCUT2D eigenvalue weighted by atomic mass is 35.5. The third-order valence-corrected chi connectivity index (χ3v) is 1.93. The summed E-state index contributed by atoms with van der Waals surface area (Å²) in [7, 11) is 0. The van der Waals surface area contributed by atoms with E-state index >= 15 is 0 Å². The van der Waals surface area contributed by atoms with Crippen molar-refractivity contribution in [3.05, 3.63) is 23.9 Å². The van der Waals surface area contributed by atoms with E-state index in [-0.39, 0.29) is 18.5 Å². The summed E-state index contributed by atoms with van der Waals surface area (Å²) in [5.41, 5.74) is 0.777. The van der Waals surface area contributed by atoms with Gasteiger partial charge in [0.25, 0.3) is 0 Å². The predicted molar refractivity (Wildman–Crippen MR) is 56.7 cm³/mol. The molecule has 0 aliphatic carbocycles. The minimum absolute atomic E-state index is 0. The Morgan fingerprint density at radius 1 is 1.50 bits per heavy atom. The Hall–Kier alpha value is -1.24. The van der Waals surface area contributed by atoms with Crippen LogP contribution in [0.1, 0.15) is 5.56 Å². The van der Waals surface area contributed by atoms with Gasteiger partial charge in [-0.2, -0.15) is 0 Å². The SMILES string of the molecule is C#Cc1ccc(OC2CNC2)nc1.Cl. The number of nitrogens with one attached hydrogen (secondary N) is 1. The highest BCUT2D eigenvalue weighted by Gasteiger charge is 2.18. The molecule has 14 heavy (non-hydrogen) atoms. The van der Waals surface area contributed by atoms with Gasteiger partial charge in [-0.15, -0.1) is 18.8 Å². The molecular formula is C10H11ClN2O. The fourth-order valence-corrected chi connectivity index (χ4v) is 1.05. The first kappa shape index (κ1) is 10.8. The Morgan fingerprint density at radius 3 is 2.71 bits per heavy atom. The smallest absolute Gasteiger partial charge is 0.213 e. The average Bonchev–Trinajstić information content (AvgIpc) is 2.12. The first-order valence-corrected chi connectivity index (χ1v) is 4.18. The number of halogens is 1. The standard InChI is InChI=1S/C10H10N2O.ClH/c1-2-8-3-4-10(12-5-8)13-9-6-11-7-9;/h1,3-5,9,11H,6-7H2;1H. The fourth-order valence-electron chi connectivity index (χ4n) is 1.05. The first-order chi connectivity index (χ1) is 6.38. The van der Waals surface area contributed by atoms with E-state index in [2.05, 4.69) is 16.2 Å². The van der Waals surface area contributed by atoms with Crippen LogP contribution in [0.3, 0.4) is 0 Å². The van der Waals surface area contributed by atoms with Crippen LogP contribution in [0.5, 0.6) is 5.88 Å². The summed E-state index contributed by atoms with van der Waals surface area (Å²) in [4.78, 5) is 4.08. The van der Waals surface area contributed by atoms with Crippen molar-refractivity contribution in [2.24, 2.45) is 0 Å². The van der Waals surface area contributed by atoms with Crippen molar-refractivity contribution in [3.63, 3.8) is 0 Å². The van der Waals surface area contributed by atoms with Crippen LogP contribution in [0.25, 0.3) is 0 Å². The maximum Gasteiger partial charge on any atom is 0.213 e. The zero-order valence-corrected chi connectivity index (χ0v) is 8.38. The second kappa shape index (κ2) is 4.85. The molecule has 0 radical (unpaired) electrons. The van der Waals surface area contributed by atoms with Gasteiger partial charge in [0.1, 0.15) is 6.10 Å². The first-order valence-electron chi connectivity index (χ1n) is 4.18. The van der Waals surface area contributed by atoms with Gasteiger partial charge in [-0.3, -0.25) is 0 Å². The molecule has 1 fully saturated rings. The van der Waals surface area contributed by atoms with Crippen molar-refractivity contribution in [2.75, 3.05) is 13.1 Å². The van der Waals surface area contributed by atoms with Gasteiger partial charge in [-0.25, -0.2) is 4.98 Å². The Kier molecular flexibility index (Phi) is 3.75. The fraction of sp³-hybridized carbons (Fsp3) is 0.300. The Bertz CT molecular complexity index is 327. The summed E-state index contributed by atoms with van der Waals surface area (Å²) >= 11 is 0. The van der Waals surface area contributed by atoms with Gasteiger partial charge in [-0.05, 0) is 6.07 Å². The molecule has 0 bridgehead atoms. The molecule has 0 atom stereocenters. The molecule has 0 saturated carbocycles. The molecule has 0 spiro atoms. The zero-order chi connectivity index (χ0) is 9.10. The third-order valence-electron chi connectivity index (χ3n) is 1.93. The number of nitrogens with zero attached hydrogens (tertiary/aromatic N) is 1. The van der Waals surface area contributed by atoms with Gasteiger partial charge in [0.15, 0.2) is 0 Å². The van der Waals surface area contributed by atoms with Crippen molar-refractivity contribution < 1.29 is 4.74 Å². The summed E-state index contributed by atoms with van der Waals surface area (Å²) in [6.07, 6.45) is 7.11. The van der Waals surface area contributed by atoms with Gasteiger partial charge < -0.3 is 10.1 Å². The van der Waals surface area contributed by atoms with Crippen LogP contribution in [0, 0.1) is 12.3 Å². The molecule has 0 unspecified atom stereocenters. The number of rotatable bonds is 2. The molecule has 1 saturated heterocycles. The summed E-state index contributed by atoms with van der Waals surface area (Å²) < 4.78 is 5.51. The van der Waals surface area contributed by atoms with E-state index in [4.69, 9.17) is 11.2 Å². The number of ether oxygens (including phenoxy) is 1. The summed E-state index contributed by atoms with van der Waals surface area (Å²) in [5, 5.41) is 3.12. The number of aromatic nitrogens is 1. The molecule has 4 heteroatoms. The van der Waals surface area contributed by atoms with Crippen LogP contribution in [0.2, 0.25) is 0 Å². The lowest BCUT2D eigenvalue weighted by molar-refractivity contribution is 0.136. The normalized spacial score (nSPS) is 14.8. The summed E-state index contributed by atoms with van der Waals surface area (Å²) in [5.74, 6) is 3.15. The van der Waals surface area contributed by atoms with Crippen LogP contribution >= 0.6 is 12.4 Å². The summed E-state index contributed by atoms with van der Waals surface area (Å²) in [6, 6.07) is 3.63. The third kappa shape index (κ3) is 2.38. The van der Waals surface area contributed by atoms with E-state index in [0.717, 1.165) is 18.7 Å². The second-order valence-electron chi connectivity index (χ2n) is 2.93. The van der Waals surface area contributed by atoms with Crippen LogP contribution in [-0.4, -0.2) is 24.2 Å². The molecule has 1 aromatic heterocycles. The van der Waals surface area contributed by atoms with Gasteiger partial charge in [0, 0.05) is 30.9 Å². The van der Waals surface area contributed by atoms with Crippen LogP contribution < -0.4 is 10.1 Å². The van der Waals surface area contributed by atoms with E-state index in [1.54, 1.807) is 12.3 Å². The highest BCUT2D eigenvalue weighted by Crippen LogP contribution is 2.10. The number of hydrogen-bond acceptors (Lipinski definition) is 3. The average molecular weight is 211 g/mol. The van der Waals surface area contributed by atoms with Crippen molar-refractivity contribution in [3.8, 4) is 18.2 Å². The van der Waals surface area contributed by atoms with E-state index in [1.165, 1.54) is 0 Å². The molecule has 1 aliphatic rings. The molecule has 1 aromatic rings. The second-order valence-corrected chi connectivity index (χ2v) is 2.93. The summed E-state index contributed by atoms with van der Waals surface area (Å²) in [6.45, 7) is 1.80. The van der Waals surface area contributed by atoms with Gasteiger partial charge >= 0.3 is 0 Å². The molecule has 1 aliphatic heterocycles. The molecule has 74 valence electrons. The van der Waals surface area contributed by atoms with Crippen molar-refractivity contribution >= 4 is 12.4 Å². The van der Waals surface area contributed by atoms with E-state index < -0.39 is 0 Å². The minimum atomic E-state index is 0. The lowest BCUT2D eigenvalue weighted by atomic mass is 10.2. The topological polar surface area (TPSA) is 34.1 Å². The quantitative estimate of drug-likeness (QED) is 0.735. The lowest BCUT2D eigenvalue weighted by Crippen LogP contribution is -2.50. The van der Waals surface area contributed by atoms with E-state index in [0.29, 0.717) is 5.88 Å². The van der Waals surface area contributed by atoms with Crippen LogP contribution in [-0.2, 0) is 0 Å². The molecule has 1 N–H and O–H groups in total. The van der Waals surface area contributed by atoms with Crippen LogP contribution in [0.4, 0.5) is 0 Å². The van der Waals surface area contributed by atoms with Crippen molar-refractivity contribution in [2.45, 2.75) is 6.10 Å². The lowest BCUT2D eigenvalue weighted by Gasteiger charge is -2.27. The maximum absolute atomic E-state index is 5.51. The molecular weight excluding hydrogens is 200 g/mol. The Morgan fingerprint density at radius 2 is 2.29 bits per heavy atom. The molecule has 2 rings (SSSR count). The Balaban J connectivity index is 0.000000980. The van der Waals surface area contributed by atoms with Crippen molar-refractivity contribution in [1.82, 2.24) is 10.3 Å². The molecule has 2 heterocycles. The molecule has 0 aromatic carbocycles.